The largest absolute Gasteiger partial charge is 0.457 e. The molecule has 8 heteroatoms. The van der Waals surface area contributed by atoms with Crippen molar-refractivity contribution in [2.24, 2.45) is 0 Å². The van der Waals surface area contributed by atoms with Crippen LogP contribution in [0.5, 0.6) is 11.5 Å². The summed E-state index contributed by atoms with van der Waals surface area (Å²) in [5, 5.41) is 7.77. The zero-order valence-electron chi connectivity index (χ0n) is 21.2. The SMILES string of the molecule is Cc1cc(Oc2ccccc2)ccc1N1C(=O)Nc2c(CNCCC3CCCN3C)sc3nccc1c23. The van der Waals surface area contributed by atoms with E-state index in [9.17, 15) is 4.79 Å². The first-order chi connectivity index (χ1) is 18.1. The number of carbonyl (C=O) groups is 1. The van der Waals surface area contributed by atoms with Crippen LogP contribution in [0.4, 0.5) is 21.9 Å². The fraction of sp³-hybridized carbons (Fsp3) is 0.310. The van der Waals surface area contributed by atoms with Crippen LogP contribution in [0.1, 0.15) is 29.7 Å². The van der Waals surface area contributed by atoms with E-state index in [4.69, 9.17) is 4.74 Å². The molecule has 2 aliphatic heterocycles. The number of para-hydroxylation sites is 1. The molecule has 0 bridgehead atoms. The molecule has 0 spiro atoms. The number of amides is 2. The quantitative estimate of drug-likeness (QED) is 0.258. The first kappa shape index (κ1) is 23.9. The Morgan fingerprint density at radius 1 is 1.14 bits per heavy atom. The number of ether oxygens (including phenoxy) is 1. The number of likely N-dealkylation sites (tertiary alicyclic amines) is 1. The Morgan fingerprint density at radius 2 is 2.00 bits per heavy atom. The minimum absolute atomic E-state index is 0.160. The number of urea groups is 1. The maximum absolute atomic E-state index is 13.5. The maximum Gasteiger partial charge on any atom is 0.331 e. The van der Waals surface area contributed by atoms with Crippen LogP contribution in [-0.2, 0) is 6.54 Å². The summed E-state index contributed by atoms with van der Waals surface area (Å²) >= 11 is 1.65. The zero-order chi connectivity index (χ0) is 25.4. The Hall–Kier alpha value is -3.46. The number of nitrogens with one attached hydrogen (secondary N) is 2. The number of anilines is 3. The van der Waals surface area contributed by atoms with Crippen LogP contribution >= 0.6 is 11.3 Å². The summed E-state index contributed by atoms with van der Waals surface area (Å²) in [4.78, 5) is 24.3. The van der Waals surface area contributed by atoms with Gasteiger partial charge in [0.15, 0.2) is 0 Å². The van der Waals surface area contributed by atoms with Crippen molar-refractivity contribution in [2.75, 3.05) is 30.4 Å². The number of nitrogens with zero attached hydrogens (tertiary/aromatic N) is 3. The van der Waals surface area contributed by atoms with Crippen LogP contribution < -0.4 is 20.3 Å². The van der Waals surface area contributed by atoms with Gasteiger partial charge in [-0.05, 0) is 88.3 Å². The van der Waals surface area contributed by atoms with Gasteiger partial charge in [0.2, 0.25) is 0 Å². The minimum Gasteiger partial charge on any atom is -0.457 e. The van der Waals surface area contributed by atoms with Crippen LogP contribution in [0.2, 0.25) is 0 Å². The van der Waals surface area contributed by atoms with E-state index in [-0.39, 0.29) is 6.03 Å². The van der Waals surface area contributed by atoms with E-state index in [1.54, 1.807) is 22.4 Å². The lowest BCUT2D eigenvalue weighted by Crippen LogP contribution is -2.34. The molecule has 1 saturated heterocycles. The predicted molar refractivity (Wildman–Crippen MR) is 150 cm³/mol. The van der Waals surface area contributed by atoms with Gasteiger partial charge in [-0.1, -0.05) is 18.2 Å². The second kappa shape index (κ2) is 10.1. The number of hydrogen-bond donors (Lipinski definition) is 2. The highest BCUT2D eigenvalue weighted by atomic mass is 32.1. The van der Waals surface area contributed by atoms with Crippen molar-refractivity contribution in [1.29, 1.82) is 0 Å². The van der Waals surface area contributed by atoms with E-state index in [0.717, 1.165) is 68.7 Å². The molecule has 2 amide bonds. The Balaban J connectivity index is 1.24. The fourth-order valence-electron chi connectivity index (χ4n) is 5.39. The molecule has 2 N–H and O–H groups in total. The van der Waals surface area contributed by atoms with Crippen LogP contribution in [-0.4, -0.2) is 42.1 Å². The first-order valence-electron chi connectivity index (χ1n) is 12.8. The highest BCUT2D eigenvalue weighted by molar-refractivity contribution is 7.19. The number of pyridine rings is 1. The summed E-state index contributed by atoms with van der Waals surface area (Å²) in [7, 11) is 2.22. The zero-order valence-corrected chi connectivity index (χ0v) is 22.0. The lowest BCUT2D eigenvalue weighted by molar-refractivity contribution is 0.258. The summed E-state index contributed by atoms with van der Waals surface area (Å²) in [6.07, 6.45) is 5.51. The number of carbonyl (C=O) groups excluding carboxylic acids is 1. The van der Waals surface area contributed by atoms with Crippen molar-refractivity contribution in [3.05, 3.63) is 71.2 Å². The minimum atomic E-state index is -0.160. The van der Waals surface area contributed by atoms with Crippen LogP contribution in [0.25, 0.3) is 10.2 Å². The number of aryl methyl sites for hydroxylation is 1. The molecule has 4 aromatic rings. The second-order valence-corrected chi connectivity index (χ2v) is 10.9. The molecular formula is C29H31N5O2S. The van der Waals surface area contributed by atoms with E-state index in [2.05, 4.69) is 27.6 Å². The van der Waals surface area contributed by atoms with E-state index >= 15 is 0 Å². The Kier molecular flexibility index (Phi) is 6.54. The van der Waals surface area contributed by atoms with Crippen molar-refractivity contribution in [3.8, 4) is 11.5 Å². The standard InChI is InChI=1S/C29H31N5O2S/c1-19-17-22(36-21-8-4-3-5-9-21)10-11-23(19)34-24-13-15-31-28-26(24)27(32-29(34)35)25(37-28)18-30-14-12-20-7-6-16-33(20)2/h3-5,8-11,13,15,17,20,30H,6-7,12,14,16,18H2,1-2H3,(H,32,35). The van der Waals surface area contributed by atoms with Gasteiger partial charge in [-0.25, -0.2) is 9.78 Å². The third kappa shape index (κ3) is 4.68. The molecule has 0 radical (unpaired) electrons. The van der Waals surface area contributed by atoms with Gasteiger partial charge < -0.3 is 20.3 Å². The maximum atomic E-state index is 13.5. The molecule has 2 aliphatic rings. The van der Waals surface area contributed by atoms with Gasteiger partial charge in [0, 0.05) is 23.7 Å². The van der Waals surface area contributed by atoms with Crippen molar-refractivity contribution >= 4 is 44.6 Å². The fourth-order valence-corrected chi connectivity index (χ4v) is 6.47. The highest BCUT2D eigenvalue weighted by Crippen LogP contribution is 2.46. The summed E-state index contributed by atoms with van der Waals surface area (Å²) in [5.41, 5.74) is 3.52. The molecule has 2 aromatic heterocycles. The van der Waals surface area contributed by atoms with Gasteiger partial charge in [0.1, 0.15) is 16.3 Å². The average molecular weight is 514 g/mol. The second-order valence-electron chi connectivity index (χ2n) is 9.78. The number of benzene rings is 2. The summed E-state index contributed by atoms with van der Waals surface area (Å²) < 4.78 is 5.99. The van der Waals surface area contributed by atoms with E-state index in [1.165, 1.54) is 19.4 Å². The molecule has 37 heavy (non-hydrogen) atoms. The third-order valence-electron chi connectivity index (χ3n) is 7.32. The molecule has 190 valence electrons. The van der Waals surface area contributed by atoms with Crippen LogP contribution in [0.3, 0.4) is 0 Å². The molecule has 1 fully saturated rings. The molecule has 0 saturated carbocycles. The average Bonchev–Trinajstić information content (AvgIpc) is 3.47. The first-order valence-corrected chi connectivity index (χ1v) is 13.7. The molecule has 2 aromatic carbocycles. The van der Waals surface area contributed by atoms with Crippen LogP contribution in [0.15, 0.2) is 60.8 Å². The number of hydrogen-bond acceptors (Lipinski definition) is 6. The van der Waals surface area contributed by atoms with E-state index in [1.807, 2.05) is 61.5 Å². The monoisotopic (exact) mass is 513 g/mol. The van der Waals surface area contributed by atoms with Crippen molar-refractivity contribution in [2.45, 2.75) is 38.8 Å². The third-order valence-corrected chi connectivity index (χ3v) is 8.42. The molecule has 1 unspecified atom stereocenters. The summed E-state index contributed by atoms with van der Waals surface area (Å²) in [6, 6.07) is 17.9. The number of aromatic nitrogens is 1. The lowest BCUT2D eigenvalue weighted by Gasteiger charge is -2.29. The van der Waals surface area contributed by atoms with Crippen molar-refractivity contribution in [3.63, 3.8) is 0 Å². The Labute approximate surface area is 221 Å². The van der Waals surface area contributed by atoms with Crippen LogP contribution in [0, 0.1) is 6.92 Å². The number of rotatable bonds is 8. The topological polar surface area (TPSA) is 69.7 Å². The predicted octanol–water partition coefficient (Wildman–Crippen LogP) is 6.65. The molecule has 6 rings (SSSR count). The highest BCUT2D eigenvalue weighted by Gasteiger charge is 2.31. The summed E-state index contributed by atoms with van der Waals surface area (Å²) in [5.74, 6) is 1.51. The van der Waals surface area contributed by atoms with E-state index in [0.29, 0.717) is 6.04 Å². The molecule has 4 heterocycles. The van der Waals surface area contributed by atoms with E-state index < -0.39 is 0 Å². The van der Waals surface area contributed by atoms with Gasteiger partial charge in [-0.3, -0.25) is 4.90 Å². The summed E-state index contributed by atoms with van der Waals surface area (Å²) in [6.45, 7) is 4.88. The van der Waals surface area contributed by atoms with Gasteiger partial charge in [-0.2, -0.15) is 0 Å². The Bertz CT molecular complexity index is 1440. The van der Waals surface area contributed by atoms with Gasteiger partial charge in [-0.15, -0.1) is 11.3 Å². The number of thiophene rings is 1. The molecule has 7 nitrogen and oxygen atoms in total. The van der Waals surface area contributed by atoms with Gasteiger partial charge in [0.25, 0.3) is 0 Å². The smallest absolute Gasteiger partial charge is 0.331 e. The van der Waals surface area contributed by atoms with Gasteiger partial charge in [0.05, 0.1) is 22.4 Å². The molecule has 0 aliphatic carbocycles. The molecule has 1 atom stereocenters. The van der Waals surface area contributed by atoms with Crippen molar-refractivity contribution in [1.82, 2.24) is 15.2 Å². The normalized spacial score (nSPS) is 17.4. The molecular weight excluding hydrogens is 482 g/mol. The lowest BCUT2D eigenvalue weighted by atomic mass is 10.1. The van der Waals surface area contributed by atoms with Gasteiger partial charge >= 0.3 is 6.03 Å². The Morgan fingerprint density at radius 3 is 2.78 bits per heavy atom. The van der Waals surface area contributed by atoms with Crippen molar-refractivity contribution < 1.29 is 9.53 Å².